The third-order valence-electron chi connectivity index (χ3n) is 4.19. The molecule has 5 nitrogen and oxygen atoms in total. The van der Waals surface area contributed by atoms with Gasteiger partial charge in [-0.15, -0.1) is 0 Å². The predicted molar refractivity (Wildman–Crippen MR) is 97.0 cm³/mol. The van der Waals surface area contributed by atoms with Crippen LogP contribution in [0.4, 0.5) is 0 Å². The second kappa shape index (κ2) is 5.86. The Hall–Kier alpha value is -2.92. The summed E-state index contributed by atoms with van der Waals surface area (Å²) in [6.07, 6.45) is 1.78. The molecule has 0 atom stereocenters. The molecule has 6 heteroatoms. The van der Waals surface area contributed by atoms with E-state index in [-0.39, 0.29) is 12.4 Å². The number of H-pyrrole nitrogens is 1. The molecule has 0 fully saturated rings. The number of benzene rings is 2. The van der Waals surface area contributed by atoms with Crippen molar-refractivity contribution in [2.45, 2.75) is 6.92 Å². The second-order valence-corrected chi connectivity index (χ2v) is 6.19. The lowest BCUT2D eigenvalue weighted by Gasteiger charge is -2.06. The first kappa shape index (κ1) is 15.6. The zero-order valence-electron chi connectivity index (χ0n) is 13.5. The number of aromatic amines is 1. The molecule has 4 rings (SSSR count). The van der Waals surface area contributed by atoms with Gasteiger partial charge in [0.2, 0.25) is 6.79 Å². The molecule has 0 saturated carbocycles. The summed E-state index contributed by atoms with van der Waals surface area (Å²) in [6, 6.07) is 11.0. The molecule has 0 unspecified atom stereocenters. The van der Waals surface area contributed by atoms with Gasteiger partial charge in [0, 0.05) is 5.02 Å². The van der Waals surface area contributed by atoms with Gasteiger partial charge < -0.3 is 9.47 Å². The molecule has 0 aliphatic carbocycles. The number of hydrogen-bond donors (Lipinski definition) is 1. The van der Waals surface area contributed by atoms with Crippen LogP contribution in [0.5, 0.6) is 11.5 Å². The fourth-order valence-electron chi connectivity index (χ4n) is 2.82. The summed E-state index contributed by atoms with van der Waals surface area (Å²) in [5.41, 5.74) is 2.17. The lowest BCUT2D eigenvalue weighted by molar-refractivity contribution is 0.174. The maximum atomic E-state index is 12.9. The van der Waals surface area contributed by atoms with Crippen LogP contribution >= 0.6 is 11.6 Å². The van der Waals surface area contributed by atoms with Gasteiger partial charge in [-0.05, 0) is 48.4 Å². The van der Waals surface area contributed by atoms with Crippen LogP contribution in [0.3, 0.4) is 0 Å². The van der Waals surface area contributed by atoms with E-state index in [1.807, 2.05) is 37.3 Å². The molecule has 0 bridgehead atoms. The van der Waals surface area contributed by atoms with Crippen LogP contribution in [-0.4, -0.2) is 16.6 Å². The monoisotopic (exact) mass is 354 g/mol. The molecule has 0 radical (unpaired) electrons. The molecule has 2 heterocycles. The van der Waals surface area contributed by atoms with Gasteiger partial charge in [-0.3, -0.25) is 9.89 Å². The SMILES string of the molecule is C=c1[nH]n(-c2cccc(Cl)c2C)c(=O)/c1=C/c1ccc2c(c1)OCO2. The van der Waals surface area contributed by atoms with E-state index in [1.54, 1.807) is 12.1 Å². The van der Waals surface area contributed by atoms with Gasteiger partial charge in [0.15, 0.2) is 11.5 Å². The van der Waals surface area contributed by atoms with E-state index < -0.39 is 0 Å². The van der Waals surface area contributed by atoms with Crippen molar-refractivity contribution < 1.29 is 9.47 Å². The normalized spacial score (nSPS) is 13.4. The van der Waals surface area contributed by atoms with Gasteiger partial charge in [0.05, 0.1) is 16.3 Å². The fraction of sp³-hybridized carbons (Fsp3) is 0.105. The highest BCUT2D eigenvalue weighted by atomic mass is 35.5. The zero-order chi connectivity index (χ0) is 17.6. The van der Waals surface area contributed by atoms with E-state index >= 15 is 0 Å². The van der Waals surface area contributed by atoms with Crippen molar-refractivity contribution in [3.8, 4) is 17.2 Å². The standard InChI is InChI=1S/C19H15ClN2O3/c1-11-15(20)4-3-5-16(11)22-19(23)14(12(2)21-22)8-13-6-7-17-18(9-13)25-10-24-17/h3-9,21H,2,10H2,1H3/b14-8+. The number of aromatic nitrogens is 2. The Morgan fingerprint density at radius 1 is 1.24 bits per heavy atom. The first-order valence-electron chi connectivity index (χ1n) is 7.71. The molecule has 1 aromatic heterocycles. The first-order chi connectivity index (χ1) is 12.0. The third kappa shape index (κ3) is 2.62. The van der Waals surface area contributed by atoms with Crippen molar-refractivity contribution in [3.05, 3.63) is 73.5 Å². The zero-order valence-corrected chi connectivity index (χ0v) is 14.3. The van der Waals surface area contributed by atoms with Crippen LogP contribution in [0.2, 0.25) is 5.02 Å². The van der Waals surface area contributed by atoms with E-state index in [4.69, 9.17) is 21.1 Å². The molecular weight excluding hydrogens is 340 g/mol. The van der Waals surface area contributed by atoms with Crippen molar-refractivity contribution in [2.24, 2.45) is 0 Å². The lowest BCUT2D eigenvalue weighted by Crippen LogP contribution is -2.34. The van der Waals surface area contributed by atoms with Gasteiger partial charge in [-0.2, -0.15) is 0 Å². The number of ether oxygens (including phenoxy) is 2. The van der Waals surface area contributed by atoms with Gasteiger partial charge in [0.1, 0.15) is 0 Å². The van der Waals surface area contributed by atoms with Crippen molar-refractivity contribution in [2.75, 3.05) is 6.79 Å². The van der Waals surface area contributed by atoms with Gasteiger partial charge in [-0.1, -0.05) is 30.3 Å². The van der Waals surface area contributed by atoms with Crippen molar-refractivity contribution in [1.29, 1.82) is 0 Å². The Labute approximate surface area is 148 Å². The lowest BCUT2D eigenvalue weighted by atomic mass is 10.1. The fourth-order valence-corrected chi connectivity index (χ4v) is 2.99. The molecule has 1 N–H and O–H groups in total. The number of nitrogens with zero attached hydrogens (tertiary/aromatic N) is 1. The Balaban J connectivity index is 1.87. The van der Waals surface area contributed by atoms with Crippen molar-refractivity contribution in [1.82, 2.24) is 9.78 Å². The van der Waals surface area contributed by atoms with E-state index in [2.05, 4.69) is 11.7 Å². The van der Waals surface area contributed by atoms with Crippen LogP contribution < -0.4 is 25.6 Å². The Morgan fingerprint density at radius 2 is 2.04 bits per heavy atom. The highest BCUT2D eigenvalue weighted by Gasteiger charge is 2.13. The highest BCUT2D eigenvalue weighted by molar-refractivity contribution is 6.31. The summed E-state index contributed by atoms with van der Waals surface area (Å²) in [7, 11) is 0. The molecule has 126 valence electrons. The van der Waals surface area contributed by atoms with Gasteiger partial charge in [0.25, 0.3) is 5.56 Å². The first-order valence-corrected chi connectivity index (χ1v) is 8.09. The van der Waals surface area contributed by atoms with Crippen LogP contribution in [0.25, 0.3) is 18.3 Å². The molecular formula is C19H15ClN2O3. The summed E-state index contributed by atoms with van der Waals surface area (Å²) in [4.78, 5) is 12.9. The number of fused-ring (bicyclic) bond motifs is 1. The molecule has 1 aliphatic rings. The average Bonchev–Trinajstić information content (AvgIpc) is 3.17. The average molecular weight is 355 g/mol. The quantitative estimate of drug-likeness (QED) is 0.766. The second-order valence-electron chi connectivity index (χ2n) is 5.79. The minimum Gasteiger partial charge on any atom is -0.454 e. The summed E-state index contributed by atoms with van der Waals surface area (Å²) in [5.74, 6) is 1.37. The molecule has 25 heavy (non-hydrogen) atoms. The van der Waals surface area contributed by atoms with E-state index in [0.717, 1.165) is 11.1 Å². The van der Waals surface area contributed by atoms with Gasteiger partial charge in [-0.25, -0.2) is 4.68 Å². The third-order valence-corrected chi connectivity index (χ3v) is 4.60. The molecule has 0 spiro atoms. The van der Waals surface area contributed by atoms with Crippen LogP contribution in [0.15, 0.2) is 41.2 Å². The maximum absolute atomic E-state index is 12.9. The smallest absolute Gasteiger partial charge is 0.279 e. The number of rotatable bonds is 2. The van der Waals surface area contributed by atoms with E-state index in [0.29, 0.717) is 32.8 Å². The molecule has 3 aromatic rings. The Morgan fingerprint density at radius 3 is 2.88 bits per heavy atom. The van der Waals surface area contributed by atoms with E-state index in [9.17, 15) is 4.79 Å². The number of hydrogen-bond acceptors (Lipinski definition) is 3. The van der Waals surface area contributed by atoms with Crippen molar-refractivity contribution in [3.63, 3.8) is 0 Å². The Bertz CT molecular complexity index is 1140. The minimum atomic E-state index is -0.187. The maximum Gasteiger partial charge on any atom is 0.279 e. The van der Waals surface area contributed by atoms with Gasteiger partial charge >= 0.3 is 0 Å². The number of nitrogens with one attached hydrogen (secondary N) is 1. The predicted octanol–water partition coefficient (Wildman–Crippen LogP) is 2.10. The Kier molecular flexibility index (Phi) is 3.66. The van der Waals surface area contributed by atoms with E-state index in [1.165, 1.54) is 4.68 Å². The molecule has 0 saturated heterocycles. The molecule has 2 aromatic carbocycles. The van der Waals surface area contributed by atoms with Crippen LogP contribution in [-0.2, 0) is 0 Å². The highest BCUT2D eigenvalue weighted by Crippen LogP contribution is 2.32. The summed E-state index contributed by atoms with van der Waals surface area (Å²) < 4.78 is 12.1. The van der Waals surface area contributed by atoms with Crippen LogP contribution in [0, 0.1) is 6.92 Å². The number of halogens is 1. The largest absolute Gasteiger partial charge is 0.454 e. The van der Waals surface area contributed by atoms with Crippen molar-refractivity contribution >= 4 is 24.3 Å². The molecule has 1 aliphatic heterocycles. The summed E-state index contributed by atoms with van der Waals surface area (Å²) >= 11 is 6.17. The summed E-state index contributed by atoms with van der Waals surface area (Å²) in [6.45, 7) is 6.03. The molecule has 0 amide bonds. The summed E-state index contributed by atoms with van der Waals surface area (Å²) in [5, 5.41) is 4.63. The minimum absolute atomic E-state index is 0.187. The topological polar surface area (TPSA) is 56.2 Å². The van der Waals surface area contributed by atoms with Crippen LogP contribution in [0.1, 0.15) is 11.1 Å².